The molecule has 0 saturated heterocycles. The molecule has 0 spiro atoms. The summed E-state index contributed by atoms with van der Waals surface area (Å²) >= 11 is 0. The van der Waals surface area contributed by atoms with E-state index in [4.69, 9.17) is 0 Å². The molecular formula is C24H20F6P2. The van der Waals surface area contributed by atoms with Crippen molar-refractivity contribution >= 4 is 36.3 Å². The van der Waals surface area contributed by atoms with Gasteiger partial charge in [0.2, 0.25) is 0 Å². The minimum absolute atomic E-state index is 1.39. The number of halogens is 6. The summed E-state index contributed by atoms with van der Waals surface area (Å²) in [6.07, 6.45) is 0. The Labute approximate surface area is 183 Å². The summed E-state index contributed by atoms with van der Waals surface area (Å²) in [7, 11) is -12.6. The first kappa shape index (κ1) is 24.0. The van der Waals surface area contributed by atoms with Crippen LogP contribution in [0.5, 0.6) is 0 Å². The van der Waals surface area contributed by atoms with Crippen LogP contribution in [0.15, 0.2) is 121 Å². The Bertz CT molecular complexity index is 958. The summed E-state index contributed by atoms with van der Waals surface area (Å²) in [4.78, 5) is 0. The van der Waals surface area contributed by atoms with Crippen LogP contribution in [-0.4, -0.2) is 0 Å². The molecule has 8 heteroatoms. The van der Waals surface area contributed by atoms with Gasteiger partial charge in [-0.05, 0) is 48.5 Å². The van der Waals surface area contributed by atoms with Crippen molar-refractivity contribution in [3.63, 3.8) is 0 Å². The molecule has 0 aliphatic heterocycles. The van der Waals surface area contributed by atoms with E-state index >= 15 is 0 Å². The van der Waals surface area contributed by atoms with Crippen molar-refractivity contribution in [3.05, 3.63) is 121 Å². The summed E-state index contributed by atoms with van der Waals surface area (Å²) in [6, 6.07) is 43.8. The third-order valence-corrected chi connectivity index (χ3v) is 8.86. The van der Waals surface area contributed by atoms with E-state index in [1.54, 1.807) is 0 Å². The first-order valence-corrected chi connectivity index (χ1v) is 13.4. The van der Waals surface area contributed by atoms with Crippen molar-refractivity contribution in [1.29, 1.82) is 0 Å². The molecule has 32 heavy (non-hydrogen) atoms. The standard InChI is InChI=1S/C24H20P.F6P/c1-5-13-21(14-6-1)25(22-15-7-2-8-16-22,23-17-9-3-10-18-23)24-19-11-4-12-20-24;1-7(2,3,4,5)6/h1-20H;/q+1;-1. The van der Waals surface area contributed by atoms with Gasteiger partial charge in [-0.15, -0.1) is 0 Å². The van der Waals surface area contributed by atoms with E-state index in [0.717, 1.165) is 0 Å². The van der Waals surface area contributed by atoms with Gasteiger partial charge in [0.05, 0.1) is 0 Å². The zero-order valence-electron chi connectivity index (χ0n) is 16.7. The van der Waals surface area contributed by atoms with E-state index < -0.39 is 15.1 Å². The van der Waals surface area contributed by atoms with Crippen molar-refractivity contribution < 1.29 is 25.2 Å². The molecule has 4 rings (SSSR count). The van der Waals surface area contributed by atoms with Crippen LogP contribution in [0.1, 0.15) is 0 Å². The van der Waals surface area contributed by atoms with Crippen LogP contribution in [0.3, 0.4) is 0 Å². The largest absolute Gasteiger partial charge is 0.144 e. The van der Waals surface area contributed by atoms with Crippen molar-refractivity contribution in [3.8, 4) is 0 Å². The summed E-state index contributed by atoms with van der Waals surface area (Å²) < 4.78 is 59.2. The normalized spacial score (nSPS) is 13.8. The van der Waals surface area contributed by atoms with E-state index in [9.17, 15) is 25.2 Å². The van der Waals surface area contributed by atoms with Gasteiger partial charge in [0.1, 0.15) is 28.5 Å². The van der Waals surface area contributed by atoms with E-state index in [1.807, 2.05) is 0 Å². The Morgan fingerprint density at radius 2 is 0.500 bits per heavy atom. The first-order valence-electron chi connectivity index (χ1n) is 9.55. The molecule has 0 unspecified atom stereocenters. The Hall–Kier alpha value is -2.68. The van der Waals surface area contributed by atoms with Gasteiger partial charge in [-0.1, -0.05) is 72.8 Å². The molecule has 0 radical (unpaired) electrons. The fraction of sp³-hybridized carbons (Fsp3) is 0. The smallest absolute Gasteiger partial charge is 0.0620 e. The number of hydrogen-bond acceptors (Lipinski definition) is 0. The van der Waals surface area contributed by atoms with Crippen molar-refractivity contribution in [1.82, 2.24) is 0 Å². The zero-order chi connectivity index (χ0) is 23.4. The maximum absolute atomic E-state index is 10.7. The van der Waals surface area contributed by atoms with Crippen molar-refractivity contribution in [2.75, 3.05) is 0 Å². The van der Waals surface area contributed by atoms with E-state index in [1.165, 1.54) is 21.2 Å². The molecule has 168 valence electrons. The Morgan fingerprint density at radius 1 is 0.344 bits per heavy atom. The Balaban J connectivity index is 0.000000360. The van der Waals surface area contributed by atoms with Crippen LogP contribution in [0.2, 0.25) is 0 Å². The second kappa shape index (κ2) is 8.35. The molecule has 0 aromatic heterocycles. The van der Waals surface area contributed by atoms with Crippen LogP contribution in [0.4, 0.5) is 25.2 Å². The number of rotatable bonds is 4. The average Bonchev–Trinajstić information content (AvgIpc) is 2.75. The van der Waals surface area contributed by atoms with Crippen molar-refractivity contribution in [2.45, 2.75) is 0 Å². The fourth-order valence-corrected chi connectivity index (χ4v) is 7.77. The summed E-state index contributed by atoms with van der Waals surface area (Å²) in [6.45, 7) is 0. The first-order chi connectivity index (χ1) is 14.9. The predicted molar refractivity (Wildman–Crippen MR) is 125 cm³/mol. The average molecular weight is 484 g/mol. The van der Waals surface area contributed by atoms with Gasteiger partial charge in [0.15, 0.2) is 0 Å². The van der Waals surface area contributed by atoms with Gasteiger partial charge >= 0.3 is 33.0 Å². The number of benzene rings is 4. The van der Waals surface area contributed by atoms with Crippen LogP contribution in [0.25, 0.3) is 0 Å². The topological polar surface area (TPSA) is 0 Å². The summed E-state index contributed by atoms with van der Waals surface area (Å²) in [5, 5.41) is 5.55. The molecule has 0 bridgehead atoms. The summed E-state index contributed by atoms with van der Waals surface area (Å²) in [5.74, 6) is 0. The monoisotopic (exact) mass is 484 g/mol. The van der Waals surface area contributed by atoms with Crippen molar-refractivity contribution in [2.24, 2.45) is 0 Å². The Morgan fingerprint density at radius 3 is 0.656 bits per heavy atom. The van der Waals surface area contributed by atoms with Gasteiger partial charge in [-0.25, -0.2) is 0 Å². The fourth-order valence-electron chi connectivity index (χ4n) is 3.50. The molecular weight excluding hydrogens is 464 g/mol. The molecule has 0 amide bonds. The molecule has 0 nitrogen and oxygen atoms in total. The van der Waals surface area contributed by atoms with Gasteiger partial charge in [0.25, 0.3) is 0 Å². The SMILES string of the molecule is F[P-](F)(F)(F)(F)F.c1ccc([P+](c2ccccc2)(c2ccccc2)c2ccccc2)cc1. The maximum Gasteiger partial charge on any atom is 0.144 e. The van der Waals surface area contributed by atoms with Gasteiger partial charge < -0.3 is 0 Å². The van der Waals surface area contributed by atoms with Crippen LogP contribution in [0, 0.1) is 0 Å². The molecule has 0 N–H and O–H groups in total. The minimum atomic E-state index is -10.7. The summed E-state index contributed by atoms with van der Waals surface area (Å²) in [5.41, 5.74) is 0. The Kier molecular flexibility index (Phi) is 6.25. The zero-order valence-corrected chi connectivity index (χ0v) is 18.5. The van der Waals surface area contributed by atoms with E-state index in [-0.39, 0.29) is 0 Å². The van der Waals surface area contributed by atoms with Crippen LogP contribution in [-0.2, 0) is 0 Å². The third-order valence-electron chi connectivity index (χ3n) is 4.57. The third kappa shape index (κ3) is 6.66. The molecule has 0 aliphatic rings. The molecule has 0 saturated carbocycles. The van der Waals surface area contributed by atoms with E-state index in [2.05, 4.69) is 121 Å². The van der Waals surface area contributed by atoms with Crippen LogP contribution >= 0.6 is 15.1 Å². The van der Waals surface area contributed by atoms with Gasteiger partial charge in [-0.2, -0.15) is 0 Å². The predicted octanol–water partition coefficient (Wildman–Crippen LogP) is 7.69. The number of hydrogen-bond donors (Lipinski definition) is 0. The maximum atomic E-state index is 9.87. The second-order valence-electron chi connectivity index (χ2n) is 6.97. The van der Waals surface area contributed by atoms with E-state index in [0.29, 0.717) is 0 Å². The molecule has 0 aliphatic carbocycles. The molecule has 4 aromatic carbocycles. The van der Waals surface area contributed by atoms with Gasteiger partial charge in [0, 0.05) is 0 Å². The quantitative estimate of drug-likeness (QED) is 0.206. The molecule has 0 atom stereocenters. The minimum Gasteiger partial charge on any atom is -0.0620 e. The molecule has 0 heterocycles. The van der Waals surface area contributed by atoms with Gasteiger partial charge in [-0.3, -0.25) is 0 Å². The second-order valence-corrected chi connectivity index (χ2v) is 12.3. The molecule has 4 aromatic rings. The molecule has 0 fully saturated rings. The van der Waals surface area contributed by atoms with Crippen LogP contribution < -0.4 is 21.2 Å².